The SMILES string of the molecule is CC(Oc1ccccc1F)c1nnc(SCC(=O)N2CCc3ccccc32)n1C(C)C. The summed E-state index contributed by atoms with van der Waals surface area (Å²) < 4.78 is 21.7. The highest BCUT2D eigenvalue weighted by Gasteiger charge is 2.26. The first-order valence-electron chi connectivity index (χ1n) is 10.3. The number of hydrogen-bond donors (Lipinski definition) is 0. The van der Waals surface area contributed by atoms with E-state index in [1.54, 1.807) is 18.2 Å². The van der Waals surface area contributed by atoms with Gasteiger partial charge in [0.25, 0.3) is 0 Å². The van der Waals surface area contributed by atoms with Crippen LogP contribution in [0.15, 0.2) is 53.7 Å². The molecule has 0 N–H and O–H groups in total. The average molecular weight is 441 g/mol. The Kier molecular flexibility index (Phi) is 6.27. The van der Waals surface area contributed by atoms with Crippen LogP contribution < -0.4 is 9.64 Å². The van der Waals surface area contributed by atoms with Gasteiger partial charge in [-0.1, -0.05) is 42.1 Å². The summed E-state index contributed by atoms with van der Waals surface area (Å²) in [5, 5.41) is 9.24. The fourth-order valence-electron chi connectivity index (χ4n) is 3.73. The van der Waals surface area contributed by atoms with Crippen LogP contribution in [0.25, 0.3) is 0 Å². The van der Waals surface area contributed by atoms with Gasteiger partial charge < -0.3 is 14.2 Å². The highest BCUT2D eigenvalue weighted by atomic mass is 32.2. The number of nitrogens with zero attached hydrogens (tertiary/aromatic N) is 4. The van der Waals surface area contributed by atoms with E-state index in [2.05, 4.69) is 16.3 Å². The molecule has 8 heteroatoms. The van der Waals surface area contributed by atoms with Crippen molar-refractivity contribution in [3.05, 3.63) is 65.7 Å². The number of thioether (sulfide) groups is 1. The van der Waals surface area contributed by atoms with Gasteiger partial charge in [0, 0.05) is 18.3 Å². The van der Waals surface area contributed by atoms with Crippen LogP contribution in [0.4, 0.5) is 10.1 Å². The van der Waals surface area contributed by atoms with Gasteiger partial charge in [0.15, 0.2) is 28.7 Å². The number of rotatable bonds is 7. The molecule has 3 aromatic rings. The Hall–Kier alpha value is -2.87. The van der Waals surface area contributed by atoms with Crippen molar-refractivity contribution in [2.45, 2.75) is 44.5 Å². The number of fused-ring (bicyclic) bond motifs is 1. The second-order valence-electron chi connectivity index (χ2n) is 7.71. The largest absolute Gasteiger partial charge is 0.480 e. The molecule has 4 rings (SSSR count). The van der Waals surface area contributed by atoms with Gasteiger partial charge in [-0.2, -0.15) is 0 Å². The molecule has 1 unspecified atom stereocenters. The molecular weight excluding hydrogens is 415 g/mol. The van der Waals surface area contributed by atoms with Gasteiger partial charge >= 0.3 is 0 Å². The number of halogens is 1. The third-order valence-corrected chi connectivity index (χ3v) is 6.15. The van der Waals surface area contributed by atoms with Crippen LogP contribution >= 0.6 is 11.8 Å². The number of benzene rings is 2. The van der Waals surface area contributed by atoms with Gasteiger partial charge in [0.2, 0.25) is 5.91 Å². The summed E-state index contributed by atoms with van der Waals surface area (Å²) >= 11 is 1.36. The molecule has 2 heterocycles. The highest BCUT2D eigenvalue weighted by molar-refractivity contribution is 7.99. The molecular formula is C23H25FN4O2S. The molecule has 1 aliphatic rings. The third kappa shape index (κ3) is 4.44. The maximum atomic E-state index is 14.0. The minimum Gasteiger partial charge on any atom is -0.480 e. The number of hydrogen-bond acceptors (Lipinski definition) is 5. The van der Waals surface area contributed by atoms with E-state index in [0.717, 1.165) is 12.1 Å². The minimum absolute atomic E-state index is 0.0467. The first-order chi connectivity index (χ1) is 15.0. The molecule has 0 saturated heterocycles. The van der Waals surface area contributed by atoms with Crippen LogP contribution in [-0.4, -0.2) is 33.0 Å². The molecule has 0 fully saturated rings. The molecule has 1 atom stereocenters. The summed E-state index contributed by atoms with van der Waals surface area (Å²) in [6.07, 6.45) is 0.381. The van der Waals surface area contributed by atoms with Gasteiger partial charge in [-0.25, -0.2) is 4.39 Å². The Bertz CT molecular complexity index is 1080. The number of amides is 1. The highest BCUT2D eigenvalue weighted by Crippen LogP contribution is 2.31. The van der Waals surface area contributed by atoms with E-state index >= 15 is 0 Å². The van der Waals surface area contributed by atoms with Crippen LogP contribution in [0.1, 0.15) is 44.3 Å². The van der Waals surface area contributed by atoms with Crippen LogP contribution in [0.3, 0.4) is 0 Å². The summed E-state index contributed by atoms with van der Waals surface area (Å²) in [6, 6.07) is 14.4. The molecule has 0 saturated carbocycles. The van der Waals surface area contributed by atoms with Gasteiger partial charge in [-0.05, 0) is 51.0 Å². The first-order valence-corrected chi connectivity index (χ1v) is 11.3. The number of carbonyl (C=O) groups is 1. The lowest BCUT2D eigenvalue weighted by molar-refractivity contribution is -0.116. The second kappa shape index (κ2) is 9.09. The van der Waals surface area contributed by atoms with E-state index in [1.807, 2.05) is 48.4 Å². The van der Waals surface area contributed by atoms with E-state index in [4.69, 9.17) is 4.74 Å². The zero-order valence-electron chi connectivity index (χ0n) is 17.8. The molecule has 0 spiro atoms. The molecule has 1 aromatic heterocycles. The average Bonchev–Trinajstić information content (AvgIpc) is 3.38. The van der Waals surface area contributed by atoms with Crippen molar-refractivity contribution in [1.82, 2.24) is 14.8 Å². The van der Waals surface area contributed by atoms with Crippen molar-refractivity contribution in [3.8, 4) is 5.75 Å². The van der Waals surface area contributed by atoms with Gasteiger partial charge in [-0.15, -0.1) is 10.2 Å². The predicted molar refractivity (Wildman–Crippen MR) is 119 cm³/mol. The van der Waals surface area contributed by atoms with Crippen molar-refractivity contribution in [2.24, 2.45) is 0 Å². The Morgan fingerprint density at radius 3 is 2.65 bits per heavy atom. The van der Waals surface area contributed by atoms with Crippen LogP contribution in [-0.2, 0) is 11.2 Å². The maximum absolute atomic E-state index is 14.0. The zero-order chi connectivity index (χ0) is 22.0. The number of ether oxygens (including phenoxy) is 1. The fraction of sp³-hybridized carbons (Fsp3) is 0.348. The fourth-order valence-corrected chi connectivity index (χ4v) is 4.68. The Morgan fingerprint density at radius 1 is 1.13 bits per heavy atom. The van der Waals surface area contributed by atoms with Crippen LogP contribution in [0.5, 0.6) is 5.75 Å². The summed E-state index contributed by atoms with van der Waals surface area (Å²) in [5.74, 6) is 0.661. The monoisotopic (exact) mass is 440 g/mol. The smallest absolute Gasteiger partial charge is 0.237 e. The summed E-state index contributed by atoms with van der Waals surface area (Å²) in [4.78, 5) is 14.7. The lowest BCUT2D eigenvalue weighted by Gasteiger charge is -2.20. The zero-order valence-corrected chi connectivity index (χ0v) is 18.6. The normalized spacial score (nSPS) is 14.0. The summed E-state index contributed by atoms with van der Waals surface area (Å²) in [7, 11) is 0. The van der Waals surface area contributed by atoms with E-state index in [-0.39, 0.29) is 23.5 Å². The first kappa shape index (κ1) is 21.4. The lowest BCUT2D eigenvalue weighted by Crippen LogP contribution is -2.30. The molecule has 0 aliphatic carbocycles. The lowest BCUT2D eigenvalue weighted by atomic mass is 10.2. The molecule has 0 radical (unpaired) electrons. The number of carbonyl (C=O) groups excluding carboxylic acids is 1. The maximum Gasteiger partial charge on any atom is 0.237 e. The van der Waals surface area contributed by atoms with Crippen molar-refractivity contribution in [1.29, 1.82) is 0 Å². The van der Waals surface area contributed by atoms with Crippen LogP contribution in [0, 0.1) is 5.82 Å². The van der Waals surface area contributed by atoms with Crippen molar-refractivity contribution >= 4 is 23.4 Å². The molecule has 1 amide bonds. The minimum atomic E-state index is -0.498. The summed E-state index contributed by atoms with van der Waals surface area (Å²) in [5.41, 5.74) is 2.19. The van der Waals surface area contributed by atoms with E-state index in [9.17, 15) is 9.18 Å². The molecule has 1 aliphatic heterocycles. The molecule has 2 aromatic carbocycles. The second-order valence-corrected chi connectivity index (χ2v) is 8.65. The molecule has 162 valence electrons. The standard InChI is InChI=1S/C23H25FN4O2S/c1-15(2)28-22(16(3)30-20-11-7-5-9-18(20)24)25-26-23(28)31-14-21(29)27-13-12-17-8-4-6-10-19(17)27/h4-11,15-16H,12-14H2,1-3H3. The quantitative estimate of drug-likeness (QED) is 0.493. The van der Waals surface area contributed by atoms with Gasteiger partial charge in [0.05, 0.1) is 5.75 Å². The van der Waals surface area contributed by atoms with Gasteiger partial charge in [0.1, 0.15) is 0 Å². The number of aromatic nitrogens is 3. The molecule has 6 nitrogen and oxygen atoms in total. The molecule has 0 bridgehead atoms. The van der Waals surface area contributed by atoms with E-state index in [0.29, 0.717) is 17.5 Å². The van der Waals surface area contributed by atoms with E-state index < -0.39 is 11.9 Å². The number of anilines is 1. The predicted octanol–water partition coefficient (Wildman–Crippen LogP) is 4.82. The van der Waals surface area contributed by atoms with Crippen molar-refractivity contribution in [3.63, 3.8) is 0 Å². The van der Waals surface area contributed by atoms with E-state index in [1.165, 1.54) is 23.4 Å². The topological polar surface area (TPSA) is 60.3 Å². The summed E-state index contributed by atoms with van der Waals surface area (Å²) in [6.45, 7) is 6.56. The Labute approximate surface area is 185 Å². The van der Waals surface area contributed by atoms with Gasteiger partial charge in [-0.3, -0.25) is 4.79 Å². The number of para-hydroxylation sites is 2. The van der Waals surface area contributed by atoms with Crippen LogP contribution in [0.2, 0.25) is 0 Å². The molecule has 31 heavy (non-hydrogen) atoms. The Morgan fingerprint density at radius 2 is 1.87 bits per heavy atom. The third-order valence-electron chi connectivity index (χ3n) is 5.22. The Balaban J connectivity index is 1.48. The van der Waals surface area contributed by atoms with Crippen molar-refractivity contribution in [2.75, 3.05) is 17.2 Å². The van der Waals surface area contributed by atoms with Crippen molar-refractivity contribution < 1.29 is 13.9 Å².